The molecular formula is C9H11N3O2S. The summed E-state index contributed by atoms with van der Waals surface area (Å²) in [5.41, 5.74) is 8.34. The van der Waals surface area contributed by atoms with E-state index in [4.69, 9.17) is 10.8 Å². The summed E-state index contributed by atoms with van der Waals surface area (Å²) in [6.45, 7) is 0. The lowest BCUT2D eigenvalue weighted by Gasteiger charge is -2.07. The number of benzene rings is 1. The van der Waals surface area contributed by atoms with Crippen LogP contribution in [0.25, 0.3) is 0 Å². The van der Waals surface area contributed by atoms with Crippen LogP contribution in [0.15, 0.2) is 18.2 Å². The first-order chi connectivity index (χ1) is 7.16. The molecule has 1 aliphatic heterocycles. The smallest absolute Gasteiger partial charge is 0.320 e. The molecule has 15 heavy (non-hydrogen) atoms. The molecule has 0 saturated heterocycles. The van der Waals surface area contributed by atoms with Crippen molar-refractivity contribution >= 4 is 29.5 Å². The molecule has 0 fully saturated rings. The van der Waals surface area contributed by atoms with Crippen molar-refractivity contribution in [3.8, 4) is 0 Å². The Morgan fingerprint density at radius 3 is 2.93 bits per heavy atom. The molecule has 0 radical (unpaired) electrons. The fourth-order valence-corrected chi connectivity index (χ4v) is 1.99. The zero-order chi connectivity index (χ0) is 10.8. The van der Waals surface area contributed by atoms with Crippen molar-refractivity contribution in [3.63, 3.8) is 0 Å². The van der Waals surface area contributed by atoms with Gasteiger partial charge in [-0.1, -0.05) is 6.07 Å². The number of carbonyl (C=O) groups is 1. The minimum Gasteiger partial charge on any atom is -0.480 e. The Balaban J connectivity index is 2.13. The van der Waals surface area contributed by atoms with Gasteiger partial charge in [-0.05, 0) is 24.1 Å². The van der Waals surface area contributed by atoms with Crippen LogP contribution in [-0.4, -0.2) is 17.1 Å². The van der Waals surface area contributed by atoms with Crippen molar-refractivity contribution in [1.29, 1.82) is 0 Å². The van der Waals surface area contributed by atoms with E-state index in [9.17, 15) is 4.79 Å². The van der Waals surface area contributed by atoms with Gasteiger partial charge in [-0.25, -0.2) is 0 Å². The van der Waals surface area contributed by atoms with Crippen molar-refractivity contribution in [2.24, 2.45) is 5.73 Å². The molecule has 0 bridgehead atoms. The summed E-state index contributed by atoms with van der Waals surface area (Å²) in [4.78, 5) is 10.6. The number of fused-ring (bicyclic) bond motifs is 1. The van der Waals surface area contributed by atoms with Gasteiger partial charge in [0.1, 0.15) is 6.04 Å². The van der Waals surface area contributed by atoms with Crippen LogP contribution in [-0.2, 0) is 11.2 Å². The molecule has 1 unspecified atom stereocenters. The average Bonchev–Trinajstić information content (AvgIpc) is 2.64. The molecule has 80 valence electrons. The maximum atomic E-state index is 10.6. The minimum absolute atomic E-state index is 0.342. The Bertz CT molecular complexity index is 397. The van der Waals surface area contributed by atoms with E-state index in [2.05, 4.69) is 9.44 Å². The molecule has 0 aliphatic carbocycles. The van der Waals surface area contributed by atoms with E-state index >= 15 is 0 Å². The molecule has 1 atom stereocenters. The quantitative estimate of drug-likeness (QED) is 0.575. The van der Waals surface area contributed by atoms with Crippen LogP contribution >= 0.6 is 12.1 Å². The fourth-order valence-electron chi connectivity index (χ4n) is 1.37. The molecule has 5 nitrogen and oxygen atoms in total. The molecule has 6 heteroatoms. The first kappa shape index (κ1) is 10.1. The van der Waals surface area contributed by atoms with Crippen LogP contribution in [0.4, 0.5) is 11.4 Å². The van der Waals surface area contributed by atoms with Gasteiger partial charge in [0.25, 0.3) is 0 Å². The highest BCUT2D eigenvalue weighted by Gasteiger charge is 2.15. The summed E-state index contributed by atoms with van der Waals surface area (Å²) in [6.07, 6.45) is 0.342. The van der Waals surface area contributed by atoms with Crippen LogP contribution in [0.2, 0.25) is 0 Å². The highest BCUT2D eigenvalue weighted by molar-refractivity contribution is 8.02. The number of carboxylic acids is 1. The number of hydrogen-bond acceptors (Lipinski definition) is 5. The van der Waals surface area contributed by atoms with Gasteiger partial charge in [0.2, 0.25) is 0 Å². The van der Waals surface area contributed by atoms with Gasteiger partial charge in [-0.15, -0.1) is 0 Å². The van der Waals surface area contributed by atoms with E-state index in [0.717, 1.165) is 16.9 Å². The lowest BCUT2D eigenvalue weighted by molar-refractivity contribution is -0.138. The van der Waals surface area contributed by atoms with Gasteiger partial charge < -0.3 is 20.3 Å². The Morgan fingerprint density at radius 2 is 2.20 bits per heavy atom. The summed E-state index contributed by atoms with van der Waals surface area (Å²) >= 11 is 1.39. The molecule has 1 aromatic carbocycles. The highest BCUT2D eigenvalue weighted by atomic mass is 32.2. The maximum Gasteiger partial charge on any atom is 0.320 e. The number of aliphatic carboxylic acids is 1. The largest absolute Gasteiger partial charge is 0.480 e. The van der Waals surface area contributed by atoms with Gasteiger partial charge in [0, 0.05) is 0 Å². The summed E-state index contributed by atoms with van der Waals surface area (Å²) in [6, 6.07) is 4.85. The number of carboxylic acid groups (broad SMARTS) is 1. The Morgan fingerprint density at radius 1 is 1.47 bits per heavy atom. The molecule has 0 aromatic heterocycles. The van der Waals surface area contributed by atoms with Gasteiger partial charge in [0.05, 0.1) is 23.5 Å². The van der Waals surface area contributed by atoms with Crippen LogP contribution in [0.1, 0.15) is 5.56 Å². The second-order valence-corrected chi connectivity index (χ2v) is 3.95. The molecule has 1 heterocycles. The summed E-state index contributed by atoms with van der Waals surface area (Å²) < 4.78 is 6.12. The van der Waals surface area contributed by atoms with Crippen LogP contribution in [0, 0.1) is 0 Å². The van der Waals surface area contributed by atoms with Crippen LogP contribution in [0.5, 0.6) is 0 Å². The predicted octanol–water partition coefficient (Wildman–Crippen LogP) is 1.04. The molecular weight excluding hydrogens is 214 g/mol. The van der Waals surface area contributed by atoms with E-state index in [1.807, 2.05) is 18.2 Å². The lowest BCUT2D eigenvalue weighted by Crippen LogP contribution is -2.32. The monoisotopic (exact) mass is 225 g/mol. The van der Waals surface area contributed by atoms with Gasteiger partial charge in [0.15, 0.2) is 0 Å². The third kappa shape index (κ3) is 2.16. The molecule has 0 spiro atoms. The zero-order valence-corrected chi connectivity index (χ0v) is 8.67. The maximum absolute atomic E-state index is 10.6. The van der Waals surface area contributed by atoms with Gasteiger partial charge in [-0.2, -0.15) is 0 Å². The van der Waals surface area contributed by atoms with Crippen LogP contribution < -0.4 is 15.2 Å². The first-order valence-corrected chi connectivity index (χ1v) is 5.27. The highest BCUT2D eigenvalue weighted by Crippen LogP contribution is 2.33. The van der Waals surface area contributed by atoms with E-state index in [-0.39, 0.29) is 0 Å². The Hall–Kier alpha value is -1.40. The second-order valence-electron chi connectivity index (χ2n) is 3.33. The number of hydrogen-bond donors (Lipinski definition) is 4. The van der Waals surface area contributed by atoms with Crippen molar-refractivity contribution in [3.05, 3.63) is 23.8 Å². The van der Waals surface area contributed by atoms with Gasteiger partial charge in [-0.3, -0.25) is 4.79 Å². The minimum atomic E-state index is -0.976. The number of rotatable bonds is 3. The average molecular weight is 225 g/mol. The molecule has 5 N–H and O–H groups in total. The van der Waals surface area contributed by atoms with Crippen LogP contribution in [0.3, 0.4) is 0 Å². The topological polar surface area (TPSA) is 87.4 Å². The lowest BCUT2D eigenvalue weighted by atomic mass is 10.1. The van der Waals surface area contributed by atoms with Crippen molar-refractivity contribution in [2.75, 3.05) is 9.44 Å². The number of anilines is 2. The molecule has 1 aliphatic rings. The third-order valence-corrected chi connectivity index (χ3v) is 2.82. The Labute approximate surface area is 91.3 Å². The van der Waals surface area contributed by atoms with Crippen molar-refractivity contribution in [1.82, 2.24) is 0 Å². The molecule has 1 aromatic rings. The zero-order valence-electron chi connectivity index (χ0n) is 7.86. The molecule has 0 amide bonds. The Kier molecular flexibility index (Phi) is 2.70. The van der Waals surface area contributed by atoms with Gasteiger partial charge >= 0.3 is 5.97 Å². The normalized spacial score (nSPS) is 15.0. The number of nitrogens with one attached hydrogen (secondary N) is 2. The molecule has 0 saturated carbocycles. The SMILES string of the molecule is NC(Cc1ccc2c(c1)NSN2)C(=O)O. The van der Waals surface area contributed by atoms with E-state index in [0.29, 0.717) is 6.42 Å². The third-order valence-electron chi connectivity index (χ3n) is 2.18. The standard InChI is InChI=1S/C9H11N3O2S/c10-6(9(13)14)3-5-1-2-7-8(4-5)12-15-11-7/h1-2,4,6,11-12H,3,10H2,(H,13,14). The van der Waals surface area contributed by atoms with Crippen molar-refractivity contribution in [2.45, 2.75) is 12.5 Å². The van der Waals surface area contributed by atoms with E-state index in [1.54, 1.807) is 0 Å². The summed E-state index contributed by atoms with van der Waals surface area (Å²) in [5, 5.41) is 8.68. The van der Waals surface area contributed by atoms with Crippen molar-refractivity contribution < 1.29 is 9.90 Å². The predicted molar refractivity (Wildman–Crippen MR) is 60.6 cm³/mol. The summed E-state index contributed by atoms with van der Waals surface area (Å²) in [7, 11) is 0. The fraction of sp³-hybridized carbons (Fsp3) is 0.222. The van der Waals surface area contributed by atoms with E-state index in [1.165, 1.54) is 12.1 Å². The summed E-state index contributed by atoms with van der Waals surface area (Å²) in [5.74, 6) is -0.976. The first-order valence-electron chi connectivity index (χ1n) is 4.46. The second kappa shape index (κ2) is 4.00. The van der Waals surface area contributed by atoms with E-state index < -0.39 is 12.0 Å². The number of nitrogens with two attached hydrogens (primary N) is 1. The molecule has 2 rings (SSSR count).